The zero-order valence-corrected chi connectivity index (χ0v) is 12.3. The van der Waals surface area contributed by atoms with Gasteiger partial charge in [0.1, 0.15) is 0 Å². The molecule has 1 rings (SSSR count). The van der Waals surface area contributed by atoms with E-state index >= 15 is 0 Å². The van der Waals surface area contributed by atoms with E-state index in [2.05, 4.69) is 5.32 Å². The fourth-order valence-corrected chi connectivity index (χ4v) is 2.04. The summed E-state index contributed by atoms with van der Waals surface area (Å²) in [4.78, 5) is 0. The molecule has 114 valence electrons. The molecule has 0 aromatic rings. The van der Waals surface area contributed by atoms with Crippen molar-refractivity contribution in [3.05, 3.63) is 0 Å². The SMILES string of the molecule is CC(C)OCCOCC(O)CNCC1CCCOC1. The van der Waals surface area contributed by atoms with Gasteiger partial charge in [0.25, 0.3) is 0 Å². The van der Waals surface area contributed by atoms with Gasteiger partial charge in [0.2, 0.25) is 0 Å². The average molecular weight is 275 g/mol. The smallest absolute Gasteiger partial charge is 0.0897 e. The summed E-state index contributed by atoms with van der Waals surface area (Å²) in [5.74, 6) is 0.585. The van der Waals surface area contributed by atoms with Gasteiger partial charge in [-0.15, -0.1) is 0 Å². The third-order valence-corrected chi connectivity index (χ3v) is 3.06. The maximum absolute atomic E-state index is 9.73. The van der Waals surface area contributed by atoms with Gasteiger partial charge in [-0.2, -0.15) is 0 Å². The van der Waals surface area contributed by atoms with Crippen LogP contribution in [0.2, 0.25) is 0 Å². The largest absolute Gasteiger partial charge is 0.389 e. The summed E-state index contributed by atoms with van der Waals surface area (Å²) in [6, 6.07) is 0. The predicted octanol–water partition coefficient (Wildman–Crippen LogP) is 0.805. The summed E-state index contributed by atoms with van der Waals surface area (Å²) in [6.07, 6.45) is 2.14. The predicted molar refractivity (Wildman–Crippen MR) is 74.3 cm³/mol. The monoisotopic (exact) mass is 275 g/mol. The van der Waals surface area contributed by atoms with Crippen molar-refractivity contribution in [2.24, 2.45) is 5.92 Å². The molecule has 5 nitrogen and oxygen atoms in total. The van der Waals surface area contributed by atoms with E-state index in [1.54, 1.807) is 0 Å². The molecule has 0 saturated carbocycles. The number of hydrogen-bond donors (Lipinski definition) is 2. The third-order valence-electron chi connectivity index (χ3n) is 3.06. The zero-order valence-electron chi connectivity index (χ0n) is 12.3. The van der Waals surface area contributed by atoms with Gasteiger partial charge in [-0.1, -0.05) is 0 Å². The Morgan fingerprint density at radius 1 is 1.37 bits per heavy atom. The molecule has 1 heterocycles. The van der Waals surface area contributed by atoms with Crippen molar-refractivity contribution in [3.8, 4) is 0 Å². The molecule has 0 spiro atoms. The quantitative estimate of drug-likeness (QED) is 0.578. The third kappa shape index (κ3) is 9.35. The Morgan fingerprint density at radius 2 is 2.21 bits per heavy atom. The van der Waals surface area contributed by atoms with Gasteiger partial charge >= 0.3 is 0 Å². The second-order valence-corrected chi connectivity index (χ2v) is 5.39. The van der Waals surface area contributed by atoms with Crippen LogP contribution in [0.1, 0.15) is 26.7 Å². The lowest BCUT2D eigenvalue weighted by atomic mass is 10.0. The highest BCUT2D eigenvalue weighted by Crippen LogP contribution is 2.11. The fourth-order valence-electron chi connectivity index (χ4n) is 2.04. The number of aliphatic hydroxyl groups excluding tert-OH is 1. The Bertz CT molecular complexity index is 208. The van der Waals surface area contributed by atoms with Crippen LogP contribution in [0.5, 0.6) is 0 Å². The minimum Gasteiger partial charge on any atom is -0.389 e. The topological polar surface area (TPSA) is 60.0 Å². The van der Waals surface area contributed by atoms with Crippen molar-refractivity contribution < 1.29 is 19.3 Å². The van der Waals surface area contributed by atoms with Crippen LogP contribution in [-0.2, 0) is 14.2 Å². The van der Waals surface area contributed by atoms with E-state index in [0.29, 0.717) is 32.3 Å². The number of hydrogen-bond acceptors (Lipinski definition) is 5. The van der Waals surface area contributed by atoms with Crippen molar-refractivity contribution in [1.29, 1.82) is 0 Å². The molecule has 2 N–H and O–H groups in total. The average Bonchev–Trinajstić information content (AvgIpc) is 2.39. The minimum absolute atomic E-state index is 0.230. The molecule has 0 bridgehead atoms. The van der Waals surface area contributed by atoms with Crippen LogP contribution < -0.4 is 5.32 Å². The van der Waals surface area contributed by atoms with Crippen LogP contribution in [0, 0.1) is 5.92 Å². The van der Waals surface area contributed by atoms with Crippen molar-refractivity contribution >= 4 is 0 Å². The van der Waals surface area contributed by atoms with Gasteiger partial charge < -0.3 is 24.6 Å². The van der Waals surface area contributed by atoms with Crippen LogP contribution >= 0.6 is 0 Å². The molecular weight excluding hydrogens is 246 g/mol. The molecule has 2 atom stereocenters. The first kappa shape index (κ1) is 16.9. The van der Waals surface area contributed by atoms with E-state index in [-0.39, 0.29) is 6.10 Å². The Labute approximate surface area is 116 Å². The first-order valence-corrected chi connectivity index (χ1v) is 7.34. The summed E-state index contributed by atoms with van der Waals surface area (Å²) in [6.45, 7) is 8.67. The van der Waals surface area contributed by atoms with Gasteiger partial charge in [-0.25, -0.2) is 0 Å². The Hall–Kier alpha value is -0.200. The molecule has 19 heavy (non-hydrogen) atoms. The molecule has 5 heteroatoms. The lowest BCUT2D eigenvalue weighted by Gasteiger charge is -2.23. The van der Waals surface area contributed by atoms with Crippen LogP contribution in [0.25, 0.3) is 0 Å². The Balaban J connectivity index is 1.88. The first-order valence-electron chi connectivity index (χ1n) is 7.34. The highest BCUT2D eigenvalue weighted by molar-refractivity contribution is 4.67. The molecule has 0 aromatic carbocycles. The van der Waals surface area contributed by atoms with Gasteiger partial charge in [0, 0.05) is 19.7 Å². The molecular formula is C14H29NO4. The summed E-state index contributed by atoms with van der Waals surface area (Å²) in [5, 5.41) is 13.0. The lowest BCUT2D eigenvalue weighted by Crippen LogP contribution is -2.36. The van der Waals surface area contributed by atoms with Gasteiger partial charge in [-0.05, 0) is 32.6 Å². The molecule has 2 unspecified atom stereocenters. The van der Waals surface area contributed by atoms with E-state index in [1.807, 2.05) is 13.8 Å². The normalized spacial score (nSPS) is 21.8. The van der Waals surface area contributed by atoms with Crippen LogP contribution in [0.15, 0.2) is 0 Å². The van der Waals surface area contributed by atoms with Gasteiger partial charge in [0.05, 0.1) is 38.6 Å². The second-order valence-electron chi connectivity index (χ2n) is 5.39. The zero-order chi connectivity index (χ0) is 13.9. The molecule has 0 aromatic heterocycles. The summed E-state index contributed by atoms with van der Waals surface area (Å²) < 4.78 is 16.1. The van der Waals surface area contributed by atoms with E-state index in [1.165, 1.54) is 6.42 Å². The van der Waals surface area contributed by atoms with E-state index in [0.717, 1.165) is 26.2 Å². The van der Waals surface area contributed by atoms with Gasteiger partial charge in [-0.3, -0.25) is 0 Å². The molecule has 0 radical (unpaired) electrons. The number of ether oxygens (including phenoxy) is 3. The molecule has 1 fully saturated rings. The molecule has 0 aliphatic carbocycles. The highest BCUT2D eigenvalue weighted by atomic mass is 16.5. The number of aliphatic hydroxyl groups is 1. The van der Waals surface area contributed by atoms with Crippen LogP contribution in [0.3, 0.4) is 0 Å². The summed E-state index contributed by atoms with van der Waals surface area (Å²) in [7, 11) is 0. The fraction of sp³-hybridized carbons (Fsp3) is 1.00. The summed E-state index contributed by atoms with van der Waals surface area (Å²) in [5.41, 5.74) is 0. The minimum atomic E-state index is -0.455. The van der Waals surface area contributed by atoms with Crippen LogP contribution in [-0.4, -0.2) is 63.4 Å². The summed E-state index contributed by atoms with van der Waals surface area (Å²) >= 11 is 0. The van der Waals surface area contributed by atoms with E-state index in [9.17, 15) is 5.11 Å². The Morgan fingerprint density at radius 3 is 2.89 bits per heavy atom. The standard InChI is InChI=1S/C14H29NO4/c1-12(2)19-7-6-18-11-14(16)9-15-8-13-4-3-5-17-10-13/h12-16H,3-11H2,1-2H3. The molecule has 1 aliphatic rings. The maximum Gasteiger partial charge on any atom is 0.0897 e. The number of rotatable bonds is 10. The van der Waals surface area contributed by atoms with Gasteiger partial charge in [0.15, 0.2) is 0 Å². The van der Waals surface area contributed by atoms with Crippen molar-refractivity contribution in [1.82, 2.24) is 5.32 Å². The van der Waals surface area contributed by atoms with E-state index in [4.69, 9.17) is 14.2 Å². The molecule has 0 amide bonds. The molecule has 1 aliphatic heterocycles. The number of nitrogens with one attached hydrogen (secondary N) is 1. The van der Waals surface area contributed by atoms with Crippen LogP contribution in [0.4, 0.5) is 0 Å². The lowest BCUT2D eigenvalue weighted by molar-refractivity contribution is -0.0107. The van der Waals surface area contributed by atoms with Crippen molar-refractivity contribution in [3.63, 3.8) is 0 Å². The molecule has 1 saturated heterocycles. The van der Waals surface area contributed by atoms with Crippen molar-refractivity contribution in [2.75, 3.05) is 46.1 Å². The maximum atomic E-state index is 9.73. The highest BCUT2D eigenvalue weighted by Gasteiger charge is 2.13. The van der Waals surface area contributed by atoms with Crippen molar-refractivity contribution in [2.45, 2.75) is 38.9 Å². The Kier molecular flexibility index (Phi) is 9.38. The first-order chi connectivity index (χ1) is 9.18. The van der Waals surface area contributed by atoms with E-state index < -0.39 is 6.10 Å². The second kappa shape index (κ2) is 10.6.